The molecule has 0 aromatic heterocycles. The third kappa shape index (κ3) is 4.29. The van der Waals surface area contributed by atoms with Crippen LogP contribution in [0.1, 0.15) is 12.5 Å². The van der Waals surface area contributed by atoms with Gasteiger partial charge in [0.2, 0.25) is 0 Å². The van der Waals surface area contributed by atoms with Crippen LogP contribution in [0.4, 0.5) is 0 Å². The highest BCUT2D eigenvalue weighted by Gasteiger charge is 2.10. The van der Waals surface area contributed by atoms with E-state index in [2.05, 4.69) is 18.8 Å². The van der Waals surface area contributed by atoms with Gasteiger partial charge in [-0.15, -0.1) is 0 Å². The first kappa shape index (κ1) is 13.9. The van der Waals surface area contributed by atoms with Crippen LogP contribution in [0, 0.1) is 0 Å². The minimum atomic E-state index is 0.279. The maximum atomic E-state index is 5.70. The molecule has 94 valence electrons. The van der Waals surface area contributed by atoms with E-state index in [9.17, 15) is 0 Å². The fraction of sp³-hybridized carbons (Fsp3) is 0.385. The van der Waals surface area contributed by atoms with Crippen molar-refractivity contribution in [3.05, 3.63) is 35.4 Å². The summed E-state index contributed by atoms with van der Waals surface area (Å²) in [4.78, 5) is 0. The molecule has 1 aromatic rings. The average Bonchev–Trinajstić information content (AvgIpc) is 2.33. The molecule has 0 saturated carbocycles. The van der Waals surface area contributed by atoms with Gasteiger partial charge in [-0.3, -0.25) is 0 Å². The summed E-state index contributed by atoms with van der Waals surface area (Å²) in [5.74, 6) is 1.43. The standard InChI is InChI=1S/C13H18ClNO2/c1-4-15-8-11-6-5-7-12(16-3)13(11)17-9-10(2)14/h5-7,15H,2,4,8-9H2,1,3H3. The van der Waals surface area contributed by atoms with Gasteiger partial charge in [-0.05, 0) is 12.6 Å². The van der Waals surface area contributed by atoms with Crippen LogP contribution < -0.4 is 14.8 Å². The molecule has 0 saturated heterocycles. The number of hydrogen-bond donors (Lipinski definition) is 1. The predicted molar refractivity (Wildman–Crippen MR) is 70.9 cm³/mol. The van der Waals surface area contributed by atoms with Crippen LogP contribution in [0.5, 0.6) is 11.5 Å². The Kier molecular flexibility index (Phi) is 5.87. The summed E-state index contributed by atoms with van der Waals surface area (Å²) in [7, 11) is 1.62. The molecule has 0 fully saturated rings. The second-order valence-electron chi connectivity index (χ2n) is 3.53. The number of rotatable bonds is 7. The molecule has 1 N–H and O–H groups in total. The molecule has 4 heteroatoms. The quantitative estimate of drug-likeness (QED) is 0.813. The number of methoxy groups -OCH3 is 1. The van der Waals surface area contributed by atoms with Gasteiger partial charge in [0.05, 0.1) is 7.11 Å². The molecule has 3 nitrogen and oxygen atoms in total. The Morgan fingerprint density at radius 1 is 1.47 bits per heavy atom. The number of ether oxygens (including phenoxy) is 2. The first-order valence-corrected chi connectivity index (χ1v) is 5.89. The Balaban J connectivity index is 2.89. The summed E-state index contributed by atoms with van der Waals surface area (Å²) in [5.41, 5.74) is 1.05. The fourth-order valence-corrected chi connectivity index (χ4v) is 1.49. The lowest BCUT2D eigenvalue weighted by Gasteiger charge is -2.14. The molecule has 0 amide bonds. The molecule has 0 spiro atoms. The average molecular weight is 256 g/mol. The topological polar surface area (TPSA) is 30.5 Å². The van der Waals surface area contributed by atoms with Crippen LogP contribution in [-0.4, -0.2) is 20.3 Å². The van der Waals surface area contributed by atoms with E-state index >= 15 is 0 Å². The van der Waals surface area contributed by atoms with Gasteiger partial charge in [-0.2, -0.15) is 0 Å². The van der Waals surface area contributed by atoms with Crippen molar-refractivity contribution in [2.45, 2.75) is 13.5 Å². The van der Waals surface area contributed by atoms with E-state index < -0.39 is 0 Å². The fourth-order valence-electron chi connectivity index (χ4n) is 1.44. The zero-order valence-electron chi connectivity index (χ0n) is 10.3. The summed E-state index contributed by atoms with van der Waals surface area (Å²) in [5, 5.41) is 3.72. The first-order valence-electron chi connectivity index (χ1n) is 5.51. The number of para-hydroxylation sites is 1. The molecule has 0 heterocycles. The van der Waals surface area contributed by atoms with E-state index in [1.165, 1.54) is 0 Å². The van der Waals surface area contributed by atoms with Gasteiger partial charge in [0.25, 0.3) is 0 Å². The van der Waals surface area contributed by atoms with Crippen molar-refractivity contribution in [2.24, 2.45) is 0 Å². The van der Waals surface area contributed by atoms with E-state index in [-0.39, 0.29) is 6.61 Å². The third-order valence-corrected chi connectivity index (χ3v) is 2.33. The summed E-state index contributed by atoms with van der Waals surface area (Å²) in [6.45, 7) is 7.57. The Morgan fingerprint density at radius 3 is 2.82 bits per heavy atom. The second kappa shape index (κ2) is 7.20. The highest BCUT2D eigenvalue weighted by molar-refractivity contribution is 6.29. The maximum Gasteiger partial charge on any atom is 0.166 e. The summed E-state index contributed by atoms with van der Waals surface area (Å²) in [6, 6.07) is 5.80. The van der Waals surface area contributed by atoms with Crippen molar-refractivity contribution < 1.29 is 9.47 Å². The second-order valence-corrected chi connectivity index (χ2v) is 4.07. The van der Waals surface area contributed by atoms with Crippen molar-refractivity contribution in [3.8, 4) is 11.5 Å². The highest BCUT2D eigenvalue weighted by Crippen LogP contribution is 2.31. The molecular weight excluding hydrogens is 238 g/mol. The molecule has 1 rings (SSSR count). The predicted octanol–water partition coefficient (Wildman–Crippen LogP) is 2.94. The maximum absolute atomic E-state index is 5.70. The smallest absolute Gasteiger partial charge is 0.166 e. The molecule has 1 aromatic carbocycles. The monoisotopic (exact) mass is 255 g/mol. The zero-order valence-corrected chi connectivity index (χ0v) is 11.0. The van der Waals surface area contributed by atoms with E-state index in [1.54, 1.807) is 7.11 Å². The van der Waals surface area contributed by atoms with Gasteiger partial charge < -0.3 is 14.8 Å². The van der Waals surface area contributed by atoms with Gasteiger partial charge in [0.15, 0.2) is 11.5 Å². The Bertz CT molecular complexity index is 380. The first-order chi connectivity index (χ1) is 8.19. The highest BCUT2D eigenvalue weighted by atomic mass is 35.5. The van der Waals surface area contributed by atoms with E-state index in [0.29, 0.717) is 10.8 Å². The van der Waals surface area contributed by atoms with Crippen LogP contribution in [0.25, 0.3) is 0 Å². The molecule has 0 aliphatic heterocycles. The van der Waals surface area contributed by atoms with Gasteiger partial charge in [-0.1, -0.05) is 37.2 Å². The molecule has 17 heavy (non-hydrogen) atoms. The van der Waals surface area contributed by atoms with Crippen LogP contribution in [0.15, 0.2) is 29.8 Å². The minimum absolute atomic E-state index is 0.279. The summed E-state index contributed by atoms with van der Waals surface area (Å²) in [6.07, 6.45) is 0. The molecule has 0 bridgehead atoms. The minimum Gasteiger partial charge on any atom is -0.493 e. The van der Waals surface area contributed by atoms with Crippen molar-refractivity contribution >= 4 is 11.6 Å². The van der Waals surface area contributed by atoms with Crippen LogP contribution in [0.2, 0.25) is 0 Å². The Hall–Kier alpha value is -1.19. The number of halogens is 1. The summed E-state index contributed by atoms with van der Waals surface area (Å²) >= 11 is 5.70. The normalized spacial score (nSPS) is 10.1. The van der Waals surface area contributed by atoms with Gasteiger partial charge in [0, 0.05) is 17.1 Å². The third-order valence-electron chi connectivity index (χ3n) is 2.22. The molecule has 0 unspecified atom stereocenters. The summed E-state index contributed by atoms with van der Waals surface area (Å²) < 4.78 is 10.9. The van der Waals surface area contributed by atoms with Crippen LogP contribution in [0.3, 0.4) is 0 Å². The van der Waals surface area contributed by atoms with Crippen LogP contribution in [-0.2, 0) is 6.54 Å². The van der Waals surface area contributed by atoms with Crippen molar-refractivity contribution in [1.29, 1.82) is 0 Å². The zero-order chi connectivity index (χ0) is 12.7. The van der Waals surface area contributed by atoms with E-state index in [0.717, 1.165) is 24.4 Å². The lowest BCUT2D eigenvalue weighted by atomic mass is 10.2. The van der Waals surface area contributed by atoms with Crippen molar-refractivity contribution in [1.82, 2.24) is 5.32 Å². The molecule has 0 aliphatic rings. The largest absolute Gasteiger partial charge is 0.493 e. The number of hydrogen-bond acceptors (Lipinski definition) is 3. The Labute approximate surface area is 107 Å². The van der Waals surface area contributed by atoms with Crippen molar-refractivity contribution in [2.75, 3.05) is 20.3 Å². The van der Waals surface area contributed by atoms with Gasteiger partial charge >= 0.3 is 0 Å². The molecule has 0 atom stereocenters. The van der Waals surface area contributed by atoms with E-state index in [4.69, 9.17) is 21.1 Å². The number of nitrogens with one attached hydrogen (secondary N) is 1. The number of benzene rings is 1. The lowest BCUT2D eigenvalue weighted by Crippen LogP contribution is -2.13. The Morgan fingerprint density at radius 2 is 2.24 bits per heavy atom. The van der Waals surface area contributed by atoms with Crippen molar-refractivity contribution in [3.63, 3.8) is 0 Å². The van der Waals surface area contributed by atoms with E-state index in [1.807, 2.05) is 18.2 Å². The van der Waals surface area contributed by atoms with Crippen LogP contribution >= 0.6 is 11.6 Å². The molecular formula is C13H18ClNO2. The lowest BCUT2D eigenvalue weighted by molar-refractivity contribution is 0.320. The molecule has 0 radical (unpaired) electrons. The SMILES string of the molecule is C=C(Cl)COc1c(CNCC)cccc1OC. The van der Waals surface area contributed by atoms with Gasteiger partial charge in [-0.25, -0.2) is 0 Å². The van der Waals surface area contributed by atoms with Gasteiger partial charge in [0.1, 0.15) is 6.61 Å². The molecule has 0 aliphatic carbocycles.